The summed E-state index contributed by atoms with van der Waals surface area (Å²) in [6.07, 6.45) is 2.03. The Balaban J connectivity index is 2.35. The second-order valence-electron chi connectivity index (χ2n) is 3.68. The van der Waals surface area contributed by atoms with Crippen LogP contribution in [0.3, 0.4) is 0 Å². The van der Waals surface area contributed by atoms with Crippen LogP contribution in [-0.4, -0.2) is 43.7 Å². The molecule has 1 saturated heterocycles. The Morgan fingerprint density at radius 3 is 3.07 bits per heavy atom. The number of carbonyl (C=O) groups excluding carboxylic acids is 1. The van der Waals surface area contributed by atoms with Crippen molar-refractivity contribution in [2.45, 2.75) is 19.8 Å². The molecule has 0 aromatic heterocycles. The van der Waals surface area contributed by atoms with Crippen LogP contribution in [0.4, 0.5) is 0 Å². The fourth-order valence-electron chi connectivity index (χ4n) is 1.89. The minimum absolute atomic E-state index is 0.0470. The van der Waals surface area contributed by atoms with Crippen molar-refractivity contribution in [2.75, 3.05) is 32.8 Å². The van der Waals surface area contributed by atoms with E-state index in [1.165, 1.54) is 0 Å². The highest BCUT2D eigenvalue weighted by Crippen LogP contribution is 2.17. The average Bonchev–Trinajstić information content (AvgIpc) is 2.19. The monoisotopic (exact) mass is 200 g/mol. The lowest BCUT2D eigenvalue weighted by Crippen LogP contribution is -2.41. The molecule has 0 amide bonds. The summed E-state index contributed by atoms with van der Waals surface area (Å²) in [5.41, 5.74) is 5.48. The quantitative estimate of drug-likeness (QED) is 0.660. The average molecular weight is 200 g/mol. The highest BCUT2D eigenvalue weighted by atomic mass is 16.5. The highest BCUT2D eigenvalue weighted by Gasteiger charge is 2.26. The molecule has 82 valence electrons. The minimum Gasteiger partial charge on any atom is -0.466 e. The molecule has 0 spiro atoms. The van der Waals surface area contributed by atoms with Crippen molar-refractivity contribution in [3.8, 4) is 0 Å². The largest absolute Gasteiger partial charge is 0.466 e. The fraction of sp³-hybridized carbons (Fsp3) is 0.900. The third-order valence-corrected chi connectivity index (χ3v) is 2.57. The lowest BCUT2D eigenvalue weighted by atomic mass is 9.98. The molecule has 0 aromatic carbocycles. The van der Waals surface area contributed by atoms with Crippen molar-refractivity contribution >= 4 is 5.97 Å². The van der Waals surface area contributed by atoms with Gasteiger partial charge in [0.2, 0.25) is 0 Å². The summed E-state index contributed by atoms with van der Waals surface area (Å²) in [5, 5.41) is 0. The number of rotatable bonds is 4. The van der Waals surface area contributed by atoms with Crippen molar-refractivity contribution in [3.05, 3.63) is 0 Å². The van der Waals surface area contributed by atoms with Crippen LogP contribution < -0.4 is 5.73 Å². The van der Waals surface area contributed by atoms with Crippen LogP contribution in [0, 0.1) is 5.92 Å². The van der Waals surface area contributed by atoms with Crippen molar-refractivity contribution in [2.24, 2.45) is 11.7 Å². The first-order chi connectivity index (χ1) is 6.77. The predicted octanol–water partition coefficient (Wildman–Crippen LogP) is 0.220. The van der Waals surface area contributed by atoms with E-state index in [2.05, 4.69) is 4.90 Å². The van der Waals surface area contributed by atoms with Crippen molar-refractivity contribution in [3.63, 3.8) is 0 Å². The van der Waals surface area contributed by atoms with E-state index in [1.807, 2.05) is 6.92 Å². The van der Waals surface area contributed by atoms with Crippen molar-refractivity contribution < 1.29 is 9.53 Å². The molecule has 0 aromatic rings. The second kappa shape index (κ2) is 5.98. The number of hydrogen-bond donors (Lipinski definition) is 1. The third-order valence-electron chi connectivity index (χ3n) is 2.57. The minimum atomic E-state index is -0.0470. The van der Waals surface area contributed by atoms with Gasteiger partial charge < -0.3 is 15.4 Å². The van der Waals surface area contributed by atoms with Gasteiger partial charge in [0.25, 0.3) is 0 Å². The van der Waals surface area contributed by atoms with Gasteiger partial charge in [-0.05, 0) is 26.3 Å². The predicted molar refractivity (Wildman–Crippen MR) is 54.9 cm³/mol. The maximum Gasteiger partial charge on any atom is 0.310 e. The number of hydrogen-bond acceptors (Lipinski definition) is 4. The normalized spacial score (nSPS) is 23.4. The van der Waals surface area contributed by atoms with Crippen molar-refractivity contribution in [1.82, 2.24) is 4.90 Å². The first-order valence-corrected chi connectivity index (χ1v) is 5.37. The van der Waals surface area contributed by atoms with E-state index in [-0.39, 0.29) is 11.9 Å². The van der Waals surface area contributed by atoms with Crippen LogP contribution in [0.25, 0.3) is 0 Å². The Labute approximate surface area is 85.4 Å². The van der Waals surface area contributed by atoms with E-state index in [0.29, 0.717) is 13.2 Å². The van der Waals surface area contributed by atoms with Gasteiger partial charge in [-0.1, -0.05) is 0 Å². The number of likely N-dealkylation sites (tertiary alicyclic amines) is 1. The highest BCUT2D eigenvalue weighted by molar-refractivity contribution is 5.72. The summed E-state index contributed by atoms with van der Waals surface area (Å²) in [4.78, 5) is 13.7. The van der Waals surface area contributed by atoms with E-state index in [9.17, 15) is 4.79 Å². The molecule has 2 N–H and O–H groups in total. The number of carbonyl (C=O) groups is 1. The topological polar surface area (TPSA) is 55.6 Å². The molecule has 1 fully saturated rings. The van der Waals surface area contributed by atoms with Gasteiger partial charge in [-0.2, -0.15) is 0 Å². The van der Waals surface area contributed by atoms with Crippen LogP contribution in [0.15, 0.2) is 0 Å². The summed E-state index contributed by atoms with van der Waals surface area (Å²) in [6.45, 7) is 5.75. The van der Waals surface area contributed by atoms with E-state index in [4.69, 9.17) is 10.5 Å². The molecule has 1 heterocycles. The van der Waals surface area contributed by atoms with Crippen LogP contribution >= 0.6 is 0 Å². The number of nitrogens with zero attached hydrogens (tertiary/aromatic N) is 1. The van der Waals surface area contributed by atoms with Gasteiger partial charge in [0.05, 0.1) is 12.5 Å². The SMILES string of the molecule is CCOC(=O)[C@@H]1CCCN(CCN)C1. The number of ether oxygens (including phenoxy) is 1. The van der Waals surface area contributed by atoms with Gasteiger partial charge in [-0.3, -0.25) is 4.79 Å². The summed E-state index contributed by atoms with van der Waals surface area (Å²) in [7, 11) is 0. The van der Waals surface area contributed by atoms with Crippen LogP contribution in [0.2, 0.25) is 0 Å². The van der Waals surface area contributed by atoms with Gasteiger partial charge >= 0.3 is 5.97 Å². The molecule has 0 radical (unpaired) electrons. The summed E-state index contributed by atoms with van der Waals surface area (Å²) in [6, 6.07) is 0. The zero-order valence-corrected chi connectivity index (χ0v) is 8.87. The number of esters is 1. The van der Waals surface area contributed by atoms with Gasteiger partial charge in [0.1, 0.15) is 0 Å². The maximum absolute atomic E-state index is 11.5. The molecular weight excluding hydrogens is 180 g/mol. The lowest BCUT2D eigenvalue weighted by molar-refractivity contribution is -0.149. The van der Waals surface area contributed by atoms with E-state index in [1.54, 1.807) is 0 Å². The van der Waals surface area contributed by atoms with E-state index >= 15 is 0 Å². The summed E-state index contributed by atoms with van der Waals surface area (Å²) < 4.78 is 5.01. The van der Waals surface area contributed by atoms with Crippen LogP contribution in [-0.2, 0) is 9.53 Å². The Morgan fingerprint density at radius 2 is 2.43 bits per heavy atom. The standard InChI is InChI=1S/C10H20N2O2/c1-2-14-10(13)9-4-3-6-12(8-9)7-5-11/h9H,2-8,11H2,1H3/t9-/m1/s1. The Morgan fingerprint density at radius 1 is 1.64 bits per heavy atom. The molecule has 1 aliphatic rings. The Hall–Kier alpha value is -0.610. The molecular formula is C10H20N2O2. The molecule has 1 aliphatic heterocycles. The summed E-state index contributed by atoms with van der Waals surface area (Å²) >= 11 is 0. The molecule has 1 rings (SSSR count). The van der Waals surface area contributed by atoms with Crippen LogP contribution in [0.5, 0.6) is 0 Å². The Kier molecular flexibility index (Phi) is 4.90. The second-order valence-corrected chi connectivity index (χ2v) is 3.68. The first kappa shape index (κ1) is 11.5. The van der Waals surface area contributed by atoms with Gasteiger partial charge in [0.15, 0.2) is 0 Å². The molecule has 14 heavy (non-hydrogen) atoms. The third kappa shape index (κ3) is 3.27. The molecule has 0 unspecified atom stereocenters. The smallest absolute Gasteiger partial charge is 0.310 e. The van der Waals surface area contributed by atoms with Gasteiger partial charge in [-0.15, -0.1) is 0 Å². The molecule has 1 atom stereocenters. The first-order valence-electron chi connectivity index (χ1n) is 5.37. The molecule has 4 heteroatoms. The number of nitrogens with two attached hydrogens (primary N) is 1. The molecule has 4 nitrogen and oxygen atoms in total. The van der Waals surface area contributed by atoms with Gasteiger partial charge in [0, 0.05) is 19.6 Å². The summed E-state index contributed by atoms with van der Waals surface area (Å²) in [5.74, 6) is 0.0180. The Bertz CT molecular complexity index is 183. The zero-order chi connectivity index (χ0) is 10.4. The van der Waals surface area contributed by atoms with E-state index < -0.39 is 0 Å². The molecule has 0 saturated carbocycles. The van der Waals surface area contributed by atoms with Crippen LogP contribution in [0.1, 0.15) is 19.8 Å². The maximum atomic E-state index is 11.5. The zero-order valence-electron chi connectivity index (χ0n) is 8.87. The van der Waals surface area contributed by atoms with Crippen molar-refractivity contribution in [1.29, 1.82) is 0 Å². The molecule has 0 bridgehead atoms. The lowest BCUT2D eigenvalue weighted by Gasteiger charge is -2.30. The van der Waals surface area contributed by atoms with Gasteiger partial charge in [-0.25, -0.2) is 0 Å². The molecule has 0 aliphatic carbocycles. The number of piperidine rings is 1. The van der Waals surface area contributed by atoms with E-state index in [0.717, 1.165) is 32.5 Å². The fourth-order valence-corrected chi connectivity index (χ4v) is 1.89.